The molecular weight excluding hydrogens is 262 g/mol. The van der Waals surface area contributed by atoms with Crippen molar-refractivity contribution in [2.75, 3.05) is 13.1 Å². The molecule has 4 nitrogen and oxygen atoms in total. The van der Waals surface area contributed by atoms with Crippen molar-refractivity contribution in [3.05, 3.63) is 48.4 Å². The molecule has 3 heterocycles. The Kier molecular flexibility index (Phi) is 3.95. The van der Waals surface area contributed by atoms with Gasteiger partial charge >= 0.3 is 0 Å². The highest BCUT2D eigenvalue weighted by atomic mass is 16.2. The number of rotatable bonds is 2. The molecule has 4 heteroatoms. The van der Waals surface area contributed by atoms with Crippen LogP contribution in [-0.4, -0.2) is 33.9 Å². The molecule has 0 saturated carbocycles. The zero-order valence-electron chi connectivity index (χ0n) is 12.2. The Balaban J connectivity index is 1.76. The summed E-state index contributed by atoms with van der Waals surface area (Å²) < 4.78 is 0. The molecule has 1 atom stereocenters. The van der Waals surface area contributed by atoms with Gasteiger partial charge in [-0.15, -0.1) is 0 Å². The lowest BCUT2D eigenvalue weighted by molar-refractivity contribution is 0.0682. The van der Waals surface area contributed by atoms with Gasteiger partial charge in [0.05, 0.1) is 11.3 Å². The third-order valence-corrected chi connectivity index (χ3v) is 3.91. The fourth-order valence-corrected chi connectivity index (χ4v) is 2.76. The number of amides is 1. The Morgan fingerprint density at radius 2 is 2.19 bits per heavy atom. The van der Waals surface area contributed by atoms with Crippen molar-refractivity contribution in [2.24, 2.45) is 5.92 Å². The predicted octanol–water partition coefficient (Wildman–Crippen LogP) is 3.02. The predicted molar refractivity (Wildman–Crippen MR) is 81.8 cm³/mol. The minimum Gasteiger partial charge on any atom is -0.338 e. The quantitative estimate of drug-likeness (QED) is 0.850. The second-order valence-corrected chi connectivity index (χ2v) is 5.67. The van der Waals surface area contributed by atoms with Gasteiger partial charge in [-0.05, 0) is 43.0 Å². The van der Waals surface area contributed by atoms with Gasteiger partial charge in [-0.3, -0.25) is 14.8 Å². The van der Waals surface area contributed by atoms with Crippen molar-refractivity contribution in [2.45, 2.75) is 19.8 Å². The Hall–Kier alpha value is -2.23. The van der Waals surface area contributed by atoms with Gasteiger partial charge in [-0.1, -0.05) is 6.92 Å². The number of likely N-dealkylation sites (tertiary alicyclic amines) is 1. The molecule has 0 bridgehead atoms. The van der Waals surface area contributed by atoms with Gasteiger partial charge in [-0.25, -0.2) is 0 Å². The average Bonchev–Trinajstić information content (AvgIpc) is 2.55. The van der Waals surface area contributed by atoms with Crippen LogP contribution in [0.5, 0.6) is 0 Å². The third kappa shape index (κ3) is 3.10. The van der Waals surface area contributed by atoms with Gasteiger partial charge in [0.2, 0.25) is 0 Å². The number of hydrogen-bond donors (Lipinski definition) is 0. The van der Waals surface area contributed by atoms with E-state index >= 15 is 0 Å². The van der Waals surface area contributed by atoms with Crippen molar-refractivity contribution in [1.82, 2.24) is 14.9 Å². The molecule has 2 aromatic heterocycles. The van der Waals surface area contributed by atoms with Crippen LogP contribution < -0.4 is 0 Å². The summed E-state index contributed by atoms with van der Waals surface area (Å²) in [5, 5.41) is 0. The molecule has 1 aliphatic heterocycles. The van der Waals surface area contributed by atoms with Crippen LogP contribution in [0.4, 0.5) is 0 Å². The van der Waals surface area contributed by atoms with Crippen LogP contribution in [0.3, 0.4) is 0 Å². The van der Waals surface area contributed by atoms with Crippen molar-refractivity contribution in [1.29, 1.82) is 0 Å². The highest BCUT2D eigenvalue weighted by molar-refractivity contribution is 5.94. The third-order valence-electron chi connectivity index (χ3n) is 3.91. The first-order valence-corrected chi connectivity index (χ1v) is 7.40. The van der Waals surface area contributed by atoms with E-state index in [2.05, 4.69) is 16.9 Å². The molecule has 3 rings (SSSR count). The molecule has 0 spiro atoms. The van der Waals surface area contributed by atoms with Gasteiger partial charge in [0.15, 0.2) is 0 Å². The zero-order chi connectivity index (χ0) is 14.7. The lowest BCUT2D eigenvalue weighted by Gasteiger charge is -2.30. The van der Waals surface area contributed by atoms with E-state index in [1.54, 1.807) is 18.6 Å². The summed E-state index contributed by atoms with van der Waals surface area (Å²) in [5.74, 6) is 0.678. The fourth-order valence-electron chi connectivity index (χ4n) is 2.76. The molecule has 0 aromatic carbocycles. The summed E-state index contributed by atoms with van der Waals surface area (Å²) in [6.45, 7) is 3.90. The number of hydrogen-bond acceptors (Lipinski definition) is 3. The number of nitrogens with zero attached hydrogens (tertiary/aromatic N) is 3. The Bertz CT molecular complexity index is 610. The number of pyridine rings is 2. The number of piperidine rings is 1. The van der Waals surface area contributed by atoms with Crippen LogP contribution in [-0.2, 0) is 0 Å². The van der Waals surface area contributed by atoms with Gasteiger partial charge in [0, 0.05) is 37.2 Å². The normalized spacial score (nSPS) is 18.5. The Labute approximate surface area is 124 Å². The summed E-state index contributed by atoms with van der Waals surface area (Å²) in [7, 11) is 0. The molecule has 2 aromatic rings. The van der Waals surface area contributed by atoms with E-state index in [4.69, 9.17) is 0 Å². The van der Waals surface area contributed by atoms with Gasteiger partial charge < -0.3 is 4.90 Å². The smallest absolute Gasteiger partial charge is 0.255 e. The first-order valence-electron chi connectivity index (χ1n) is 7.40. The first kappa shape index (κ1) is 13.7. The summed E-state index contributed by atoms with van der Waals surface area (Å²) in [6.07, 6.45) is 7.48. The van der Waals surface area contributed by atoms with E-state index < -0.39 is 0 Å². The maximum absolute atomic E-state index is 12.5. The molecule has 21 heavy (non-hydrogen) atoms. The first-order chi connectivity index (χ1) is 10.2. The van der Waals surface area contributed by atoms with E-state index in [0.717, 1.165) is 30.8 Å². The van der Waals surface area contributed by atoms with E-state index in [9.17, 15) is 4.79 Å². The maximum Gasteiger partial charge on any atom is 0.255 e. The second-order valence-electron chi connectivity index (χ2n) is 5.67. The van der Waals surface area contributed by atoms with Crippen LogP contribution in [0.25, 0.3) is 11.3 Å². The lowest BCUT2D eigenvalue weighted by Crippen LogP contribution is -2.39. The van der Waals surface area contributed by atoms with Crippen LogP contribution >= 0.6 is 0 Å². The van der Waals surface area contributed by atoms with Gasteiger partial charge in [0.1, 0.15) is 0 Å². The fraction of sp³-hybridized carbons (Fsp3) is 0.353. The Morgan fingerprint density at radius 3 is 2.86 bits per heavy atom. The van der Waals surface area contributed by atoms with Crippen LogP contribution in [0.15, 0.2) is 42.9 Å². The standard InChI is InChI=1S/C17H19N3O/c1-13-4-3-9-20(12-13)17(21)15-6-7-16(19-11-15)14-5-2-8-18-10-14/h2,5-8,10-11,13H,3-4,9,12H2,1H3/t13-/m0/s1. The number of carbonyl (C=O) groups is 1. The SMILES string of the molecule is C[C@H]1CCCN(C(=O)c2ccc(-c3cccnc3)nc2)C1. The molecule has 1 aliphatic rings. The summed E-state index contributed by atoms with van der Waals surface area (Å²) in [6, 6.07) is 7.59. The van der Waals surface area contributed by atoms with Crippen molar-refractivity contribution < 1.29 is 4.79 Å². The summed E-state index contributed by atoms with van der Waals surface area (Å²) in [4.78, 5) is 22.9. The largest absolute Gasteiger partial charge is 0.338 e. The molecule has 0 radical (unpaired) electrons. The average molecular weight is 281 g/mol. The van der Waals surface area contributed by atoms with E-state index in [1.807, 2.05) is 29.2 Å². The van der Waals surface area contributed by atoms with Gasteiger partial charge in [-0.2, -0.15) is 0 Å². The molecule has 1 amide bonds. The van der Waals surface area contributed by atoms with Gasteiger partial charge in [0.25, 0.3) is 5.91 Å². The second kappa shape index (κ2) is 6.04. The van der Waals surface area contributed by atoms with Crippen molar-refractivity contribution >= 4 is 5.91 Å². The molecule has 0 N–H and O–H groups in total. The lowest BCUT2D eigenvalue weighted by atomic mass is 9.99. The maximum atomic E-state index is 12.5. The summed E-state index contributed by atoms with van der Waals surface area (Å²) in [5.41, 5.74) is 2.46. The van der Waals surface area contributed by atoms with E-state index in [1.165, 1.54) is 6.42 Å². The minimum absolute atomic E-state index is 0.0896. The number of aromatic nitrogens is 2. The molecule has 0 aliphatic carbocycles. The van der Waals surface area contributed by atoms with E-state index in [-0.39, 0.29) is 5.91 Å². The zero-order valence-corrected chi connectivity index (χ0v) is 12.2. The van der Waals surface area contributed by atoms with Crippen LogP contribution in [0.2, 0.25) is 0 Å². The topological polar surface area (TPSA) is 46.1 Å². The number of carbonyl (C=O) groups excluding carboxylic acids is 1. The van der Waals surface area contributed by atoms with E-state index in [0.29, 0.717) is 11.5 Å². The molecule has 0 unspecified atom stereocenters. The summed E-state index contributed by atoms with van der Waals surface area (Å²) >= 11 is 0. The highest BCUT2D eigenvalue weighted by Gasteiger charge is 2.22. The van der Waals surface area contributed by atoms with Crippen LogP contribution in [0, 0.1) is 5.92 Å². The van der Waals surface area contributed by atoms with Crippen molar-refractivity contribution in [3.63, 3.8) is 0 Å². The van der Waals surface area contributed by atoms with Crippen LogP contribution in [0.1, 0.15) is 30.1 Å². The monoisotopic (exact) mass is 281 g/mol. The molecule has 1 saturated heterocycles. The molecule has 108 valence electrons. The minimum atomic E-state index is 0.0896. The molecule has 1 fully saturated rings. The van der Waals surface area contributed by atoms with Crippen molar-refractivity contribution in [3.8, 4) is 11.3 Å². The Morgan fingerprint density at radius 1 is 1.29 bits per heavy atom. The highest BCUT2D eigenvalue weighted by Crippen LogP contribution is 2.19. The molecular formula is C17H19N3O.